The van der Waals surface area contributed by atoms with Gasteiger partial charge in [0, 0.05) is 45.5 Å². The number of aliphatic imine (C=N–C) groups is 1. The molecule has 0 aliphatic heterocycles. The van der Waals surface area contributed by atoms with E-state index in [4.69, 9.17) is 0 Å². The van der Waals surface area contributed by atoms with Gasteiger partial charge in [0.25, 0.3) is 0 Å². The van der Waals surface area contributed by atoms with Gasteiger partial charge < -0.3 is 4.57 Å². The van der Waals surface area contributed by atoms with Gasteiger partial charge in [-0.2, -0.15) is 4.31 Å². The minimum absolute atomic E-state index is 0.294. The van der Waals surface area contributed by atoms with Crippen molar-refractivity contribution in [3.8, 4) is 5.69 Å². The van der Waals surface area contributed by atoms with E-state index in [1.165, 1.54) is 7.88 Å². The Morgan fingerprint density at radius 2 is 1.60 bits per heavy atom. The molecule has 1 aromatic heterocycles. The summed E-state index contributed by atoms with van der Waals surface area (Å²) in [5.74, 6) is 0. The molecule has 0 unspecified atom stereocenters. The van der Waals surface area contributed by atoms with Gasteiger partial charge in [0.1, 0.15) is 0 Å². The number of rotatable bonds is 7. The zero-order valence-corrected chi connectivity index (χ0v) is 20.6. The largest absolute Gasteiger partial charge is 0.318 e. The fourth-order valence-electron chi connectivity index (χ4n) is 3.47. The lowest BCUT2D eigenvalue weighted by molar-refractivity contribution is 0.445. The molecule has 30 heavy (non-hydrogen) atoms. The Hall–Kier alpha value is -1.97. The highest BCUT2D eigenvalue weighted by Crippen LogP contribution is 2.23. The third kappa shape index (κ3) is 4.68. The van der Waals surface area contributed by atoms with Crippen LogP contribution in [0.15, 0.2) is 64.5 Å². The van der Waals surface area contributed by atoms with Crippen LogP contribution < -0.4 is 0 Å². The van der Waals surface area contributed by atoms with Crippen molar-refractivity contribution in [1.82, 2.24) is 8.87 Å². The van der Waals surface area contributed by atoms with E-state index in [1.807, 2.05) is 20.1 Å². The molecule has 0 atom stereocenters. The monoisotopic (exact) mass is 535 g/mol. The predicted octanol–water partition coefficient (Wildman–Crippen LogP) is 5.48. The molecule has 0 spiro atoms. The quantitative estimate of drug-likeness (QED) is 0.297. The van der Waals surface area contributed by atoms with E-state index in [0.29, 0.717) is 23.7 Å². The molecular formula is C23H26IN3O2S. The Bertz CT molecular complexity index is 1140. The third-order valence-electron chi connectivity index (χ3n) is 5.09. The first kappa shape index (κ1) is 22.7. The van der Waals surface area contributed by atoms with E-state index >= 15 is 0 Å². The fraction of sp³-hybridized carbons (Fsp3) is 0.261. The normalized spacial score (nSPS) is 12.2. The zero-order valence-electron chi connectivity index (χ0n) is 17.6. The van der Waals surface area contributed by atoms with Crippen LogP contribution in [0.2, 0.25) is 0 Å². The molecule has 0 fully saturated rings. The molecule has 158 valence electrons. The second-order valence-electron chi connectivity index (χ2n) is 6.98. The third-order valence-corrected chi connectivity index (χ3v) is 7.87. The Morgan fingerprint density at radius 1 is 1.00 bits per heavy atom. The fourth-order valence-corrected chi connectivity index (χ4v) is 5.28. The maximum Gasteiger partial charge on any atom is 0.243 e. The Morgan fingerprint density at radius 3 is 2.17 bits per heavy atom. The molecule has 3 rings (SSSR count). The molecule has 0 radical (unpaired) electrons. The van der Waals surface area contributed by atoms with Crippen LogP contribution in [0.3, 0.4) is 0 Å². The SMILES string of the molecule is CCN(CC)S(=O)(=O)c1ccc(N=Cc2cc(C)n(-c3ccc(I)cc3)c2C)cc1. The van der Waals surface area contributed by atoms with Crippen molar-refractivity contribution in [2.75, 3.05) is 13.1 Å². The summed E-state index contributed by atoms with van der Waals surface area (Å²) in [4.78, 5) is 4.85. The van der Waals surface area contributed by atoms with Gasteiger partial charge in [0.05, 0.1) is 10.6 Å². The van der Waals surface area contributed by atoms with E-state index in [-0.39, 0.29) is 0 Å². The van der Waals surface area contributed by atoms with Gasteiger partial charge in [-0.05, 0) is 91.0 Å². The van der Waals surface area contributed by atoms with Crippen molar-refractivity contribution in [2.45, 2.75) is 32.6 Å². The van der Waals surface area contributed by atoms with Gasteiger partial charge in [-0.3, -0.25) is 4.99 Å². The summed E-state index contributed by atoms with van der Waals surface area (Å²) in [6.45, 7) is 8.74. The van der Waals surface area contributed by atoms with Gasteiger partial charge >= 0.3 is 0 Å². The minimum Gasteiger partial charge on any atom is -0.318 e. The van der Waals surface area contributed by atoms with Crippen molar-refractivity contribution in [1.29, 1.82) is 0 Å². The second-order valence-corrected chi connectivity index (χ2v) is 10.2. The van der Waals surface area contributed by atoms with E-state index in [9.17, 15) is 8.42 Å². The van der Waals surface area contributed by atoms with E-state index < -0.39 is 10.0 Å². The molecule has 0 aliphatic carbocycles. The van der Waals surface area contributed by atoms with Crippen LogP contribution in [0.4, 0.5) is 5.69 Å². The van der Waals surface area contributed by atoms with Crippen LogP contribution in [0, 0.1) is 17.4 Å². The molecule has 3 aromatic rings. The first-order valence-electron chi connectivity index (χ1n) is 9.87. The molecule has 0 saturated carbocycles. The van der Waals surface area contributed by atoms with Gasteiger partial charge in [0.2, 0.25) is 10.0 Å². The number of benzene rings is 2. The highest BCUT2D eigenvalue weighted by atomic mass is 127. The van der Waals surface area contributed by atoms with Gasteiger partial charge in [-0.1, -0.05) is 13.8 Å². The molecule has 5 nitrogen and oxygen atoms in total. The first-order valence-corrected chi connectivity index (χ1v) is 12.4. The summed E-state index contributed by atoms with van der Waals surface area (Å²) in [6, 6.07) is 17.2. The van der Waals surface area contributed by atoms with Crippen LogP contribution in [-0.2, 0) is 10.0 Å². The van der Waals surface area contributed by atoms with E-state index in [2.05, 4.69) is 76.3 Å². The number of hydrogen-bond donors (Lipinski definition) is 0. The maximum absolute atomic E-state index is 12.6. The van der Waals surface area contributed by atoms with Crippen molar-refractivity contribution in [3.05, 3.63) is 75.1 Å². The molecule has 0 amide bonds. The molecule has 0 aliphatic rings. The van der Waals surface area contributed by atoms with Gasteiger partial charge in [0.15, 0.2) is 0 Å². The number of halogens is 1. The zero-order chi connectivity index (χ0) is 21.9. The number of aryl methyl sites for hydroxylation is 1. The van der Waals surface area contributed by atoms with Crippen molar-refractivity contribution in [2.24, 2.45) is 4.99 Å². The second kappa shape index (κ2) is 9.45. The highest BCUT2D eigenvalue weighted by molar-refractivity contribution is 14.1. The van der Waals surface area contributed by atoms with E-state index in [1.54, 1.807) is 24.3 Å². The molecule has 7 heteroatoms. The smallest absolute Gasteiger partial charge is 0.243 e. The van der Waals surface area contributed by atoms with Crippen molar-refractivity contribution in [3.63, 3.8) is 0 Å². The van der Waals surface area contributed by atoms with Crippen LogP contribution in [0.25, 0.3) is 5.69 Å². The molecule has 0 bridgehead atoms. The molecule has 1 heterocycles. The predicted molar refractivity (Wildman–Crippen MR) is 132 cm³/mol. The Kier molecular flexibility index (Phi) is 7.15. The van der Waals surface area contributed by atoms with Crippen LogP contribution in [-0.4, -0.2) is 36.6 Å². The average Bonchev–Trinajstić information content (AvgIpc) is 3.01. The number of nitrogens with zero attached hydrogens (tertiary/aromatic N) is 3. The lowest BCUT2D eigenvalue weighted by atomic mass is 10.2. The summed E-state index contributed by atoms with van der Waals surface area (Å²) < 4.78 is 30.1. The molecular weight excluding hydrogens is 509 g/mol. The van der Waals surface area contributed by atoms with E-state index in [0.717, 1.165) is 22.6 Å². The summed E-state index contributed by atoms with van der Waals surface area (Å²) in [6.07, 6.45) is 1.83. The highest BCUT2D eigenvalue weighted by Gasteiger charge is 2.21. The van der Waals surface area contributed by atoms with Gasteiger partial charge in [-0.25, -0.2) is 8.42 Å². The average molecular weight is 535 g/mol. The van der Waals surface area contributed by atoms with Gasteiger partial charge in [-0.15, -0.1) is 0 Å². The standard InChI is InChI=1S/C23H26IN3O2S/c1-5-26(6-2)30(28,29)23-13-9-21(10-14-23)25-16-19-15-17(3)27(18(19)4)22-11-7-20(24)8-12-22/h7-16H,5-6H2,1-4H3. The van der Waals surface area contributed by atoms with Crippen LogP contribution in [0.5, 0.6) is 0 Å². The summed E-state index contributed by atoms with van der Waals surface area (Å²) >= 11 is 2.30. The van der Waals surface area contributed by atoms with Crippen LogP contribution >= 0.6 is 22.6 Å². The number of aromatic nitrogens is 1. The van der Waals surface area contributed by atoms with Crippen molar-refractivity contribution >= 4 is 44.5 Å². The Labute approximate surface area is 192 Å². The topological polar surface area (TPSA) is 54.7 Å². The van der Waals surface area contributed by atoms with Crippen molar-refractivity contribution < 1.29 is 8.42 Å². The lowest BCUT2D eigenvalue weighted by Crippen LogP contribution is -2.30. The summed E-state index contributed by atoms with van der Waals surface area (Å²) in [5.41, 5.74) is 5.11. The molecule has 0 saturated heterocycles. The Balaban J connectivity index is 1.85. The first-order chi connectivity index (χ1) is 14.3. The number of sulfonamides is 1. The molecule has 0 N–H and O–H groups in total. The maximum atomic E-state index is 12.6. The molecule has 2 aromatic carbocycles. The minimum atomic E-state index is -3.45. The number of hydrogen-bond acceptors (Lipinski definition) is 3. The summed E-state index contributed by atoms with van der Waals surface area (Å²) in [5, 5.41) is 0. The van der Waals surface area contributed by atoms with Crippen LogP contribution in [0.1, 0.15) is 30.8 Å². The summed E-state index contributed by atoms with van der Waals surface area (Å²) in [7, 11) is -3.45. The lowest BCUT2D eigenvalue weighted by Gasteiger charge is -2.18.